The summed E-state index contributed by atoms with van der Waals surface area (Å²) in [6.07, 6.45) is 2.47. The van der Waals surface area contributed by atoms with Gasteiger partial charge >= 0.3 is 0 Å². The Morgan fingerprint density at radius 1 is 1.15 bits per heavy atom. The minimum absolute atomic E-state index is 0.538. The first-order valence-electron chi connectivity index (χ1n) is 9.19. The van der Waals surface area contributed by atoms with E-state index >= 15 is 0 Å². The average molecular weight is 411 g/mol. The molecule has 148 valence electrons. The van der Waals surface area contributed by atoms with Crippen molar-refractivity contribution in [2.75, 3.05) is 19.8 Å². The summed E-state index contributed by atoms with van der Waals surface area (Å²) in [6.45, 7) is 9.18. The third-order valence-electron chi connectivity index (χ3n) is 3.92. The van der Waals surface area contributed by atoms with Crippen molar-refractivity contribution in [1.29, 1.82) is 0 Å². The van der Waals surface area contributed by atoms with E-state index in [0.29, 0.717) is 36.4 Å². The Hall–Kier alpha value is -1.99. The summed E-state index contributed by atoms with van der Waals surface area (Å²) in [7, 11) is 0. The monoisotopic (exact) mass is 410 g/mol. The van der Waals surface area contributed by atoms with Gasteiger partial charge in [-0.05, 0) is 57.1 Å². The lowest BCUT2D eigenvalue weighted by Gasteiger charge is -2.14. The molecule has 2 rings (SSSR count). The number of nitrogens with one attached hydrogen (secondary N) is 2. The first kappa shape index (κ1) is 21.3. The summed E-state index contributed by atoms with van der Waals surface area (Å²) in [4.78, 5) is 0. The van der Waals surface area contributed by atoms with Crippen LogP contribution in [0.15, 0.2) is 24.4 Å². The Labute approximate surface area is 171 Å². The van der Waals surface area contributed by atoms with Crippen LogP contribution < -0.4 is 20.1 Å². The summed E-state index contributed by atoms with van der Waals surface area (Å²) >= 11 is 11.5. The summed E-state index contributed by atoms with van der Waals surface area (Å²) in [5, 5.41) is 11.8. The maximum atomic E-state index is 6.16. The van der Waals surface area contributed by atoms with E-state index in [-0.39, 0.29) is 0 Å². The molecule has 0 atom stereocenters. The molecule has 0 radical (unpaired) electrons. The Morgan fingerprint density at radius 3 is 2.59 bits per heavy atom. The quantitative estimate of drug-likeness (QED) is 0.584. The molecule has 0 spiro atoms. The summed E-state index contributed by atoms with van der Waals surface area (Å²) in [5.74, 6) is 1.55. The normalized spacial score (nSPS) is 10.5. The van der Waals surface area contributed by atoms with Gasteiger partial charge in [-0.2, -0.15) is 5.10 Å². The zero-order valence-electron chi connectivity index (χ0n) is 16.0. The van der Waals surface area contributed by atoms with Crippen molar-refractivity contribution < 1.29 is 9.47 Å². The van der Waals surface area contributed by atoms with Gasteiger partial charge in [0.2, 0.25) is 0 Å². The minimum atomic E-state index is 0.538. The van der Waals surface area contributed by atoms with Crippen LogP contribution in [-0.2, 0) is 19.5 Å². The molecule has 0 aliphatic heterocycles. The molecule has 0 fully saturated rings. The van der Waals surface area contributed by atoms with Crippen LogP contribution in [0.5, 0.6) is 11.5 Å². The lowest BCUT2D eigenvalue weighted by atomic mass is 10.1. The van der Waals surface area contributed by atoms with Crippen LogP contribution in [0.25, 0.3) is 0 Å². The molecule has 8 heteroatoms. The van der Waals surface area contributed by atoms with E-state index in [2.05, 4.69) is 15.7 Å². The molecule has 0 saturated carbocycles. The zero-order chi connectivity index (χ0) is 19.6. The fourth-order valence-corrected chi connectivity index (χ4v) is 3.02. The second-order valence-corrected chi connectivity index (χ2v) is 6.58. The fraction of sp³-hybridized carbons (Fsp3) is 0.474. The second kappa shape index (κ2) is 11.0. The van der Waals surface area contributed by atoms with Crippen LogP contribution >= 0.6 is 23.8 Å². The summed E-state index contributed by atoms with van der Waals surface area (Å²) < 4.78 is 13.1. The predicted octanol–water partition coefficient (Wildman–Crippen LogP) is 3.56. The molecule has 0 amide bonds. The van der Waals surface area contributed by atoms with Crippen LogP contribution in [-0.4, -0.2) is 34.7 Å². The maximum absolute atomic E-state index is 6.16. The van der Waals surface area contributed by atoms with E-state index in [1.54, 1.807) is 6.20 Å². The largest absolute Gasteiger partial charge is 0.490 e. The van der Waals surface area contributed by atoms with E-state index in [1.165, 1.54) is 0 Å². The van der Waals surface area contributed by atoms with Gasteiger partial charge < -0.3 is 20.1 Å². The highest BCUT2D eigenvalue weighted by Crippen LogP contribution is 2.28. The van der Waals surface area contributed by atoms with Crippen molar-refractivity contribution in [2.45, 2.75) is 40.3 Å². The molecule has 0 bridgehead atoms. The topological polar surface area (TPSA) is 60.3 Å². The van der Waals surface area contributed by atoms with Crippen LogP contribution in [0.1, 0.15) is 32.0 Å². The maximum Gasteiger partial charge on any atom is 0.166 e. The number of benzene rings is 1. The first-order chi connectivity index (χ1) is 13.1. The first-order valence-corrected chi connectivity index (χ1v) is 9.98. The average Bonchev–Trinajstić information content (AvgIpc) is 3.02. The van der Waals surface area contributed by atoms with Crippen LogP contribution in [0.4, 0.5) is 0 Å². The molecule has 27 heavy (non-hydrogen) atoms. The number of thiocarbonyl (C=S) groups is 1. The third kappa shape index (κ3) is 6.29. The molecular formula is C19H27ClN4O2S. The summed E-state index contributed by atoms with van der Waals surface area (Å²) in [6, 6.07) is 6.02. The Kier molecular flexibility index (Phi) is 8.67. The van der Waals surface area contributed by atoms with Gasteiger partial charge in [0.15, 0.2) is 16.6 Å². The van der Waals surface area contributed by atoms with Gasteiger partial charge in [0.05, 0.1) is 36.7 Å². The molecule has 1 aromatic heterocycles. The number of ether oxygens (including phenoxy) is 2. The minimum Gasteiger partial charge on any atom is -0.490 e. The second-order valence-electron chi connectivity index (χ2n) is 5.76. The number of hydrogen-bond donors (Lipinski definition) is 2. The van der Waals surface area contributed by atoms with E-state index in [9.17, 15) is 0 Å². The van der Waals surface area contributed by atoms with Crippen molar-refractivity contribution in [2.24, 2.45) is 0 Å². The van der Waals surface area contributed by atoms with Crippen LogP contribution in [0, 0.1) is 0 Å². The Bertz CT molecular complexity index is 751. The Balaban J connectivity index is 1.82. The van der Waals surface area contributed by atoms with Crippen LogP contribution in [0.3, 0.4) is 0 Å². The lowest BCUT2D eigenvalue weighted by molar-refractivity contribution is 0.287. The number of hydrogen-bond acceptors (Lipinski definition) is 4. The molecule has 0 unspecified atom stereocenters. The van der Waals surface area contributed by atoms with E-state index in [0.717, 1.165) is 35.7 Å². The molecular weight excluding hydrogens is 384 g/mol. The molecule has 1 heterocycles. The molecule has 0 aliphatic carbocycles. The molecule has 6 nitrogen and oxygen atoms in total. The van der Waals surface area contributed by atoms with Gasteiger partial charge in [0.1, 0.15) is 0 Å². The zero-order valence-corrected chi connectivity index (χ0v) is 17.6. The number of nitrogens with zero attached hydrogens (tertiary/aromatic N) is 2. The number of rotatable bonds is 10. The van der Waals surface area contributed by atoms with Crippen molar-refractivity contribution >= 4 is 28.9 Å². The molecule has 2 N–H and O–H groups in total. The van der Waals surface area contributed by atoms with E-state index in [1.807, 2.05) is 43.7 Å². The molecule has 0 saturated heterocycles. The van der Waals surface area contributed by atoms with Crippen molar-refractivity contribution in [3.8, 4) is 11.5 Å². The highest BCUT2D eigenvalue weighted by molar-refractivity contribution is 7.80. The van der Waals surface area contributed by atoms with Gasteiger partial charge in [0.25, 0.3) is 0 Å². The van der Waals surface area contributed by atoms with E-state index < -0.39 is 0 Å². The fourth-order valence-electron chi connectivity index (χ4n) is 2.63. The van der Waals surface area contributed by atoms with Crippen LogP contribution in [0.2, 0.25) is 5.02 Å². The smallest absolute Gasteiger partial charge is 0.166 e. The highest BCUT2D eigenvalue weighted by atomic mass is 35.5. The highest BCUT2D eigenvalue weighted by Gasteiger charge is 2.09. The van der Waals surface area contributed by atoms with Gasteiger partial charge in [0, 0.05) is 13.1 Å². The van der Waals surface area contributed by atoms with Gasteiger partial charge in [-0.15, -0.1) is 0 Å². The van der Waals surface area contributed by atoms with Crippen molar-refractivity contribution in [3.63, 3.8) is 0 Å². The van der Waals surface area contributed by atoms with Gasteiger partial charge in [-0.3, -0.25) is 4.68 Å². The lowest BCUT2D eigenvalue weighted by Crippen LogP contribution is -2.36. The molecule has 0 aliphatic rings. The third-order valence-corrected chi connectivity index (χ3v) is 4.53. The van der Waals surface area contributed by atoms with Gasteiger partial charge in [-0.25, -0.2) is 0 Å². The number of aryl methyl sites for hydroxylation is 1. The standard InChI is InChI=1S/C19H27ClN4O2S/c1-4-24-16(15(20)12-23-24)13-22-19(27)21-10-9-14-7-8-17(25-5-2)18(11-14)26-6-3/h7-8,11-12H,4-6,9-10,13H2,1-3H3,(H2,21,22,27). The predicted molar refractivity (Wildman–Crippen MR) is 113 cm³/mol. The molecule has 1 aromatic carbocycles. The SMILES string of the molecule is CCOc1ccc(CCNC(=S)NCc2c(Cl)cnn2CC)cc1OCC. The van der Waals surface area contributed by atoms with Crippen molar-refractivity contribution in [3.05, 3.63) is 40.7 Å². The Morgan fingerprint density at radius 2 is 1.89 bits per heavy atom. The molecule has 2 aromatic rings. The van der Waals surface area contributed by atoms with Gasteiger partial charge in [-0.1, -0.05) is 17.7 Å². The number of halogens is 1. The summed E-state index contributed by atoms with van der Waals surface area (Å²) in [5.41, 5.74) is 2.08. The van der Waals surface area contributed by atoms with E-state index in [4.69, 9.17) is 33.3 Å². The number of aromatic nitrogens is 2. The van der Waals surface area contributed by atoms with Crippen molar-refractivity contribution in [1.82, 2.24) is 20.4 Å².